The Hall–Kier alpha value is -3.73. The maximum Gasteiger partial charge on any atom is 0.423 e. The van der Waals surface area contributed by atoms with Crippen LogP contribution in [0.15, 0.2) is 48.9 Å². The van der Waals surface area contributed by atoms with E-state index >= 15 is 0 Å². The van der Waals surface area contributed by atoms with E-state index in [4.69, 9.17) is 4.74 Å². The molecule has 0 bridgehead atoms. The SMILES string of the molecule is CCOC(=O)c1cc2cc(Cn3cc(C(O)(CC)C(F)(F)F)nn3)ccn2c1-c1ccc(C)nc1. The van der Waals surface area contributed by atoms with Crippen molar-refractivity contribution in [2.75, 3.05) is 6.61 Å². The van der Waals surface area contributed by atoms with Crippen LogP contribution in [0.1, 0.15) is 47.6 Å². The third-order valence-electron chi connectivity index (χ3n) is 5.81. The van der Waals surface area contributed by atoms with E-state index in [9.17, 15) is 23.1 Å². The Labute approximate surface area is 199 Å². The largest absolute Gasteiger partial charge is 0.462 e. The Balaban J connectivity index is 1.71. The molecule has 8 nitrogen and oxygen atoms in total. The zero-order chi connectivity index (χ0) is 25.4. The molecule has 4 aromatic rings. The number of pyridine rings is 2. The highest BCUT2D eigenvalue weighted by molar-refractivity contribution is 5.99. The van der Waals surface area contributed by atoms with Crippen LogP contribution in [0.5, 0.6) is 0 Å². The smallest absolute Gasteiger partial charge is 0.423 e. The van der Waals surface area contributed by atoms with E-state index in [-0.39, 0.29) is 13.2 Å². The molecule has 35 heavy (non-hydrogen) atoms. The summed E-state index contributed by atoms with van der Waals surface area (Å²) >= 11 is 0. The van der Waals surface area contributed by atoms with Crippen LogP contribution in [-0.4, -0.2) is 48.2 Å². The number of aryl methyl sites for hydroxylation is 1. The van der Waals surface area contributed by atoms with Gasteiger partial charge in [-0.2, -0.15) is 13.2 Å². The standard InChI is InChI=1S/C24H24F3N5O3/c1-4-23(34,24(25,26)27)20-14-31(30-29-20)13-16-8-9-32-18(10-16)11-19(22(33)35-5-2)21(32)17-7-6-15(3)28-12-17/h6-12,14,34H,4-5,13H2,1-3H3. The number of rotatable bonds is 7. The molecule has 0 saturated carbocycles. The molecule has 0 fully saturated rings. The van der Waals surface area contributed by atoms with Crippen molar-refractivity contribution < 1.29 is 27.8 Å². The molecule has 0 amide bonds. The van der Waals surface area contributed by atoms with Crippen molar-refractivity contribution in [3.63, 3.8) is 0 Å². The molecule has 0 aliphatic heterocycles. The third-order valence-corrected chi connectivity index (χ3v) is 5.81. The van der Waals surface area contributed by atoms with E-state index in [0.29, 0.717) is 22.3 Å². The van der Waals surface area contributed by atoms with Gasteiger partial charge in [-0.3, -0.25) is 4.98 Å². The van der Waals surface area contributed by atoms with Crippen molar-refractivity contribution in [3.05, 3.63) is 71.4 Å². The molecule has 0 aliphatic carbocycles. The monoisotopic (exact) mass is 487 g/mol. The number of nitrogens with zero attached hydrogens (tertiary/aromatic N) is 5. The molecule has 0 saturated heterocycles. The number of aromatic nitrogens is 5. The first-order valence-electron chi connectivity index (χ1n) is 11.0. The number of esters is 1. The lowest BCUT2D eigenvalue weighted by atomic mass is 9.96. The lowest BCUT2D eigenvalue weighted by Crippen LogP contribution is -2.42. The summed E-state index contributed by atoms with van der Waals surface area (Å²) in [6.45, 7) is 5.16. The van der Waals surface area contributed by atoms with Crippen LogP contribution in [-0.2, 0) is 16.9 Å². The fourth-order valence-corrected chi connectivity index (χ4v) is 3.87. The average molecular weight is 487 g/mol. The average Bonchev–Trinajstić information content (AvgIpc) is 3.43. The van der Waals surface area contributed by atoms with Gasteiger partial charge in [-0.1, -0.05) is 12.1 Å². The Kier molecular flexibility index (Phi) is 6.37. The molecule has 0 radical (unpaired) electrons. The van der Waals surface area contributed by atoms with Crippen LogP contribution in [0.25, 0.3) is 16.8 Å². The Morgan fingerprint density at radius 3 is 2.57 bits per heavy atom. The van der Waals surface area contributed by atoms with E-state index in [1.54, 1.807) is 37.5 Å². The van der Waals surface area contributed by atoms with Crippen LogP contribution in [0.2, 0.25) is 0 Å². The highest BCUT2D eigenvalue weighted by atomic mass is 19.4. The van der Waals surface area contributed by atoms with E-state index in [2.05, 4.69) is 15.3 Å². The highest BCUT2D eigenvalue weighted by Gasteiger charge is 2.55. The zero-order valence-corrected chi connectivity index (χ0v) is 19.4. The Bertz CT molecular complexity index is 1360. The molecule has 1 unspecified atom stereocenters. The van der Waals surface area contributed by atoms with Crippen molar-refractivity contribution in [1.29, 1.82) is 0 Å². The second kappa shape index (κ2) is 9.14. The summed E-state index contributed by atoms with van der Waals surface area (Å²) in [6, 6.07) is 8.98. The first kappa shape index (κ1) is 24.4. The summed E-state index contributed by atoms with van der Waals surface area (Å²) in [6.07, 6.45) is -0.928. The zero-order valence-electron chi connectivity index (χ0n) is 19.4. The lowest BCUT2D eigenvalue weighted by Gasteiger charge is -2.26. The number of aliphatic hydroxyl groups is 1. The Morgan fingerprint density at radius 2 is 1.94 bits per heavy atom. The maximum atomic E-state index is 13.4. The predicted octanol–water partition coefficient (Wildman–Crippen LogP) is 4.29. The molecule has 0 aromatic carbocycles. The molecule has 4 heterocycles. The van der Waals surface area contributed by atoms with E-state index in [1.807, 2.05) is 23.5 Å². The van der Waals surface area contributed by atoms with Gasteiger partial charge < -0.3 is 14.2 Å². The van der Waals surface area contributed by atoms with Gasteiger partial charge in [-0.15, -0.1) is 5.10 Å². The summed E-state index contributed by atoms with van der Waals surface area (Å²) in [4.78, 5) is 17.0. The first-order chi connectivity index (χ1) is 16.6. The molecule has 0 aliphatic rings. The van der Waals surface area contributed by atoms with Crippen molar-refractivity contribution in [2.24, 2.45) is 0 Å². The summed E-state index contributed by atoms with van der Waals surface area (Å²) in [7, 11) is 0. The van der Waals surface area contributed by atoms with Gasteiger partial charge >= 0.3 is 12.1 Å². The van der Waals surface area contributed by atoms with Gasteiger partial charge in [0.05, 0.1) is 30.6 Å². The third kappa shape index (κ3) is 4.51. The van der Waals surface area contributed by atoms with Crippen LogP contribution >= 0.6 is 0 Å². The molecule has 4 rings (SSSR count). The number of halogens is 3. The summed E-state index contributed by atoms with van der Waals surface area (Å²) in [5.41, 5.74) is 0.331. The fourth-order valence-electron chi connectivity index (χ4n) is 3.87. The van der Waals surface area contributed by atoms with Crippen molar-refractivity contribution >= 4 is 11.5 Å². The van der Waals surface area contributed by atoms with Gasteiger partial charge in [-0.25, -0.2) is 9.48 Å². The molecular formula is C24H24F3N5O3. The number of carbonyl (C=O) groups is 1. The maximum absolute atomic E-state index is 13.4. The van der Waals surface area contributed by atoms with Crippen LogP contribution in [0.4, 0.5) is 13.2 Å². The normalized spacial score (nSPS) is 13.7. The number of carbonyl (C=O) groups excluding carboxylic acids is 1. The van der Waals surface area contributed by atoms with Gasteiger partial charge in [0, 0.05) is 29.2 Å². The van der Waals surface area contributed by atoms with Crippen LogP contribution in [0.3, 0.4) is 0 Å². The first-order valence-corrected chi connectivity index (χ1v) is 11.0. The quantitative estimate of drug-likeness (QED) is 0.391. The topological polar surface area (TPSA) is 94.5 Å². The van der Waals surface area contributed by atoms with Gasteiger partial charge in [0.1, 0.15) is 5.69 Å². The minimum Gasteiger partial charge on any atom is -0.462 e. The van der Waals surface area contributed by atoms with Crippen LogP contribution in [0, 0.1) is 6.92 Å². The van der Waals surface area contributed by atoms with E-state index in [0.717, 1.165) is 17.5 Å². The highest BCUT2D eigenvalue weighted by Crippen LogP contribution is 2.40. The van der Waals surface area contributed by atoms with Gasteiger partial charge in [0.25, 0.3) is 0 Å². The molecule has 4 aromatic heterocycles. The number of ether oxygens (including phenoxy) is 1. The predicted molar refractivity (Wildman–Crippen MR) is 121 cm³/mol. The molecular weight excluding hydrogens is 463 g/mol. The van der Waals surface area contributed by atoms with Crippen molar-refractivity contribution in [3.8, 4) is 11.3 Å². The van der Waals surface area contributed by atoms with Crippen molar-refractivity contribution in [1.82, 2.24) is 24.4 Å². The second-order valence-electron chi connectivity index (χ2n) is 8.16. The lowest BCUT2D eigenvalue weighted by molar-refractivity contribution is -0.269. The van der Waals surface area contributed by atoms with Gasteiger partial charge in [0.2, 0.25) is 5.60 Å². The van der Waals surface area contributed by atoms with E-state index < -0.39 is 29.9 Å². The fraction of sp³-hybridized carbons (Fsp3) is 0.333. The number of hydrogen-bond donors (Lipinski definition) is 1. The summed E-state index contributed by atoms with van der Waals surface area (Å²) in [5.74, 6) is -0.472. The number of hydrogen-bond acceptors (Lipinski definition) is 6. The molecule has 11 heteroatoms. The minimum atomic E-state index is -4.88. The van der Waals surface area contributed by atoms with Crippen molar-refractivity contribution in [2.45, 2.75) is 45.5 Å². The minimum absolute atomic E-state index is 0.114. The van der Waals surface area contributed by atoms with Gasteiger partial charge in [-0.05, 0) is 56.2 Å². The second-order valence-corrected chi connectivity index (χ2v) is 8.16. The van der Waals surface area contributed by atoms with Gasteiger partial charge in [0.15, 0.2) is 0 Å². The Morgan fingerprint density at radius 1 is 1.17 bits per heavy atom. The number of fused-ring (bicyclic) bond motifs is 1. The molecule has 1 N–H and O–H groups in total. The van der Waals surface area contributed by atoms with E-state index in [1.165, 1.54) is 11.6 Å². The molecule has 0 spiro atoms. The molecule has 184 valence electrons. The van der Waals surface area contributed by atoms with Crippen LogP contribution < -0.4 is 0 Å². The number of alkyl halides is 3. The molecule has 1 atom stereocenters. The summed E-state index contributed by atoms with van der Waals surface area (Å²) < 4.78 is 48.3. The summed E-state index contributed by atoms with van der Waals surface area (Å²) in [5, 5.41) is 17.4.